The van der Waals surface area contributed by atoms with Crippen LogP contribution >= 0.6 is 21.1 Å². The number of ether oxygens (including phenoxy) is 3. The minimum Gasteiger partial charge on any atom is -0.458 e. The molecule has 0 aliphatic rings. The number of thiol groups is 1. The number of unbranched alkanes of at least 4 members (excludes halogenated alkanes) is 13. The van der Waals surface area contributed by atoms with E-state index in [1.165, 1.54) is 96.3 Å². The van der Waals surface area contributed by atoms with E-state index in [1.807, 2.05) is 6.92 Å². The SMILES string of the molecule is CCCCCCCCCCCCC(CCCCCCC)CC(S)OC(CC)OC(O)(P=O)C(=O)OC(C)C. The highest BCUT2D eigenvalue weighted by Gasteiger charge is 2.44. The molecule has 0 saturated heterocycles. The maximum atomic E-state index is 12.2. The largest absolute Gasteiger partial charge is 0.458 e. The van der Waals surface area contributed by atoms with E-state index in [-0.39, 0.29) is 0 Å². The van der Waals surface area contributed by atoms with Crippen molar-refractivity contribution in [2.75, 3.05) is 0 Å². The van der Waals surface area contributed by atoms with Gasteiger partial charge in [-0.1, -0.05) is 130 Å². The fourth-order valence-electron chi connectivity index (χ4n) is 4.64. The zero-order valence-corrected chi connectivity index (χ0v) is 26.9. The molecule has 0 aromatic rings. The van der Waals surface area contributed by atoms with Gasteiger partial charge in [0.05, 0.1) is 6.10 Å². The van der Waals surface area contributed by atoms with Crippen LogP contribution in [0.2, 0.25) is 0 Å². The third-order valence-corrected chi connectivity index (χ3v) is 7.76. The maximum absolute atomic E-state index is 12.2. The molecule has 0 heterocycles. The second kappa shape index (κ2) is 24.6. The number of carbonyl (C=O) groups is 1. The van der Waals surface area contributed by atoms with Gasteiger partial charge in [-0.2, -0.15) is 0 Å². The van der Waals surface area contributed by atoms with Gasteiger partial charge in [-0.3, -0.25) is 4.57 Å². The van der Waals surface area contributed by atoms with Crippen LogP contribution < -0.4 is 0 Å². The highest BCUT2D eigenvalue weighted by molar-refractivity contribution is 7.80. The van der Waals surface area contributed by atoms with Gasteiger partial charge in [-0.05, 0) is 32.6 Å². The molecule has 226 valence electrons. The standard InChI is InChI=1S/C30H59O6PS/c1-6-9-11-13-14-15-16-17-19-21-23-26(22-20-18-12-10-7-2)24-28(38)35-27(8-3)36-30(32,37-33)29(31)34-25(4)5/h25-28,32,38H,6-24H2,1-5H3. The summed E-state index contributed by atoms with van der Waals surface area (Å²) in [5.74, 6) is -0.582. The molecule has 0 rings (SSSR count). The Hall–Kier alpha value is -0.200. The van der Waals surface area contributed by atoms with Gasteiger partial charge in [0.2, 0.25) is 8.46 Å². The molecule has 6 nitrogen and oxygen atoms in total. The Balaban J connectivity index is 4.69. The normalized spacial score (nSPS) is 15.9. The molecule has 38 heavy (non-hydrogen) atoms. The molecule has 0 fully saturated rings. The zero-order chi connectivity index (χ0) is 28.7. The second-order valence-corrected chi connectivity index (χ2v) is 12.3. The number of hydrogen-bond donors (Lipinski definition) is 2. The van der Waals surface area contributed by atoms with Crippen molar-refractivity contribution in [1.29, 1.82) is 0 Å². The molecule has 0 saturated carbocycles. The fraction of sp³-hybridized carbons (Fsp3) is 0.967. The van der Waals surface area contributed by atoms with E-state index in [0.29, 0.717) is 12.3 Å². The van der Waals surface area contributed by atoms with Gasteiger partial charge in [0, 0.05) is 0 Å². The highest BCUT2D eigenvalue weighted by atomic mass is 32.1. The van der Waals surface area contributed by atoms with Crippen molar-refractivity contribution in [3.05, 3.63) is 0 Å². The zero-order valence-electron chi connectivity index (χ0n) is 25.1. The van der Waals surface area contributed by atoms with E-state index in [2.05, 4.69) is 26.5 Å². The van der Waals surface area contributed by atoms with Crippen molar-refractivity contribution in [2.24, 2.45) is 5.92 Å². The lowest BCUT2D eigenvalue weighted by molar-refractivity contribution is -0.260. The summed E-state index contributed by atoms with van der Waals surface area (Å²) >= 11 is 4.67. The molecule has 0 aliphatic heterocycles. The first-order valence-electron chi connectivity index (χ1n) is 15.5. The topological polar surface area (TPSA) is 82.1 Å². The van der Waals surface area contributed by atoms with Crippen molar-refractivity contribution in [3.63, 3.8) is 0 Å². The van der Waals surface area contributed by atoms with E-state index in [4.69, 9.17) is 14.2 Å². The maximum Gasteiger partial charge on any atom is 0.380 e. The average Bonchev–Trinajstić information content (AvgIpc) is 2.88. The summed E-state index contributed by atoms with van der Waals surface area (Å²) in [6.07, 6.45) is 21.6. The quantitative estimate of drug-likeness (QED) is 0.0332. The Kier molecular flexibility index (Phi) is 24.5. The fourth-order valence-corrected chi connectivity index (χ4v) is 5.36. The molecule has 1 N–H and O–H groups in total. The monoisotopic (exact) mass is 578 g/mol. The molecular formula is C30H59O6PS. The molecule has 0 amide bonds. The minimum absolute atomic E-state index is 0.365. The molecule has 0 bridgehead atoms. The van der Waals surface area contributed by atoms with Crippen molar-refractivity contribution in [2.45, 2.75) is 180 Å². The number of rotatable bonds is 27. The summed E-state index contributed by atoms with van der Waals surface area (Å²) in [7, 11) is -0.888. The number of hydrogen-bond acceptors (Lipinski definition) is 7. The predicted molar refractivity (Wildman–Crippen MR) is 161 cm³/mol. The van der Waals surface area contributed by atoms with Crippen LogP contribution in [0.5, 0.6) is 0 Å². The summed E-state index contributed by atoms with van der Waals surface area (Å²) in [5, 5.41) is 10.5. The summed E-state index contributed by atoms with van der Waals surface area (Å²) in [6, 6.07) is 0. The molecule has 0 spiro atoms. The summed E-state index contributed by atoms with van der Waals surface area (Å²) in [4.78, 5) is 12.2. The molecule has 4 atom stereocenters. The average molecular weight is 579 g/mol. The van der Waals surface area contributed by atoms with E-state index in [1.54, 1.807) is 13.8 Å². The number of esters is 1. The summed E-state index contributed by atoms with van der Waals surface area (Å²) in [5.41, 5.74) is -3.00. The van der Waals surface area contributed by atoms with E-state index < -0.39 is 37.8 Å². The summed E-state index contributed by atoms with van der Waals surface area (Å²) in [6.45, 7) is 9.61. The lowest BCUT2D eigenvalue weighted by Crippen LogP contribution is -2.42. The van der Waals surface area contributed by atoms with Gasteiger partial charge in [0.1, 0.15) is 5.44 Å². The molecule has 0 aromatic heterocycles. The van der Waals surface area contributed by atoms with Crippen molar-refractivity contribution < 1.29 is 28.7 Å². The highest BCUT2D eigenvalue weighted by Crippen LogP contribution is 2.30. The Morgan fingerprint density at radius 2 is 1.26 bits per heavy atom. The Bertz CT molecular complexity index is 579. The van der Waals surface area contributed by atoms with E-state index >= 15 is 0 Å². The molecule has 0 aromatic carbocycles. The van der Waals surface area contributed by atoms with Crippen LogP contribution in [-0.2, 0) is 23.6 Å². The van der Waals surface area contributed by atoms with Crippen LogP contribution in [0.15, 0.2) is 0 Å². The molecule has 4 unspecified atom stereocenters. The second-order valence-electron chi connectivity index (χ2n) is 11.0. The van der Waals surface area contributed by atoms with E-state index in [0.717, 1.165) is 19.3 Å². The Morgan fingerprint density at radius 3 is 1.66 bits per heavy atom. The third kappa shape index (κ3) is 19.8. The Labute approximate surface area is 241 Å². The molecule has 8 heteroatoms. The third-order valence-electron chi connectivity index (χ3n) is 6.89. The van der Waals surface area contributed by atoms with Crippen LogP contribution in [0.1, 0.15) is 157 Å². The van der Waals surface area contributed by atoms with Gasteiger partial charge in [0.15, 0.2) is 6.29 Å². The van der Waals surface area contributed by atoms with Crippen molar-refractivity contribution >= 4 is 27.1 Å². The van der Waals surface area contributed by atoms with Crippen LogP contribution in [0, 0.1) is 5.92 Å². The van der Waals surface area contributed by atoms with Crippen molar-refractivity contribution in [1.82, 2.24) is 0 Å². The Morgan fingerprint density at radius 1 is 0.816 bits per heavy atom. The van der Waals surface area contributed by atoms with Crippen LogP contribution in [0.25, 0.3) is 0 Å². The first-order chi connectivity index (χ1) is 18.2. The molecule has 0 radical (unpaired) electrons. The lowest BCUT2D eigenvalue weighted by Gasteiger charge is -2.29. The van der Waals surface area contributed by atoms with Crippen molar-refractivity contribution in [3.8, 4) is 0 Å². The number of carbonyl (C=O) groups excluding carboxylic acids is 1. The first-order valence-corrected chi connectivity index (χ1v) is 16.8. The van der Waals surface area contributed by atoms with Gasteiger partial charge in [-0.25, -0.2) is 4.79 Å². The summed E-state index contributed by atoms with van der Waals surface area (Å²) < 4.78 is 28.0. The van der Waals surface area contributed by atoms with Gasteiger partial charge < -0.3 is 19.3 Å². The van der Waals surface area contributed by atoms with Crippen LogP contribution in [-0.4, -0.2) is 34.4 Å². The molecular weight excluding hydrogens is 519 g/mol. The van der Waals surface area contributed by atoms with Gasteiger partial charge in [-0.15, -0.1) is 12.6 Å². The van der Waals surface area contributed by atoms with Crippen LogP contribution in [0.4, 0.5) is 0 Å². The van der Waals surface area contributed by atoms with Gasteiger partial charge >= 0.3 is 11.5 Å². The van der Waals surface area contributed by atoms with Gasteiger partial charge in [0.25, 0.3) is 0 Å². The van der Waals surface area contributed by atoms with E-state index in [9.17, 15) is 14.5 Å². The minimum atomic E-state index is -2.59. The van der Waals surface area contributed by atoms with Crippen LogP contribution in [0.3, 0.4) is 0 Å². The first kappa shape index (κ1) is 37.8. The molecule has 0 aliphatic carbocycles. The number of aliphatic hydroxyl groups is 1. The predicted octanol–water partition coefficient (Wildman–Crippen LogP) is 9.58. The lowest BCUT2D eigenvalue weighted by atomic mass is 9.91. The smallest absolute Gasteiger partial charge is 0.380 e.